The van der Waals surface area contributed by atoms with Gasteiger partial charge in [-0.25, -0.2) is 0 Å². The van der Waals surface area contributed by atoms with Crippen molar-refractivity contribution in [2.45, 2.75) is 51.6 Å². The number of nitrogens with one attached hydrogen (secondary N) is 1. The van der Waals surface area contributed by atoms with Crippen LogP contribution in [-0.4, -0.2) is 43.9 Å². The van der Waals surface area contributed by atoms with Gasteiger partial charge in [-0.2, -0.15) is 0 Å². The van der Waals surface area contributed by atoms with Crippen molar-refractivity contribution in [1.29, 1.82) is 0 Å². The first-order valence-corrected chi connectivity index (χ1v) is 9.74. The Balaban J connectivity index is 1.44. The summed E-state index contributed by atoms with van der Waals surface area (Å²) < 4.78 is 25.9. The maximum atomic E-state index is 13.0. The Hall–Kier alpha value is -1.00. The van der Waals surface area contributed by atoms with Gasteiger partial charge in [0.25, 0.3) is 0 Å². The number of likely N-dealkylation sites (tertiary alicyclic amines) is 1. The number of rotatable bonds is 8. The Labute approximate surface area is 151 Å². The van der Waals surface area contributed by atoms with Crippen LogP contribution in [0.5, 0.6) is 0 Å². The van der Waals surface area contributed by atoms with Gasteiger partial charge < -0.3 is 5.32 Å². The molecular formula is C21H32F2N2. The van der Waals surface area contributed by atoms with Crippen molar-refractivity contribution < 1.29 is 8.78 Å². The second-order valence-corrected chi connectivity index (χ2v) is 8.37. The second-order valence-electron chi connectivity index (χ2n) is 8.37. The fourth-order valence-electron chi connectivity index (χ4n) is 4.43. The van der Waals surface area contributed by atoms with Crippen LogP contribution in [0.2, 0.25) is 0 Å². The first kappa shape index (κ1) is 18.8. The summed E-state index contributed by atoms with van der Waals surface area (Å²) >= 11 is 0. The van der Waals surface area contributed by atoms with E-state index >= 15 is 0 Å². The average Bonchev–Trinajstić information content (AvgIpc) is 2.64. The third-order valence-electron chi connectivity index (χ3n) is 6.61. The summed E-state index contributed by atoms with van der Waals surface area (Å²) in [5, 5.41) is 3.62. The number of piperidine rings is 1. The molecule has 1 aliphatic heterocycles. The van der Waals surface area contributed by atoms with Crippen LogP contribution in [0.3, 0.4) is 0 Å². The zero-order valence-electron chi connectivity index (χ0n) is 15.4. The van der Waals surface area contributed by atoms with Gasteiger partial charge in [0.05, 0.1) is 13.3 Å². The van der Waals surface area contributed by atoms with Gasteiger partial charge in [0.2, 0.25) is 0 Å². The molecule has 1 saturated carbocycles. The molecule has 0 radical (unpaired) electrons. The van der Waals surface area contributed by atoms with E-state index in [1.165, 1.54) is 24.8 Å². The van der Waals surface area contributed by atoms with Crippen LogP contribution in [0.25, 0.3) is 0 Å². The van der Waals surface area contributed by atoms with E-state index in [0.29, 0.717) is 24.3 Å². The molecule has 1 aliphatic carbocycles. The van der Waals surface area contributed by atoms with Crippen LogP contribution in [0, 0.1) is 10.8 Å². The molecule has 3 rings (SSSR count). The van der Waals surface area contributed by atoms with E-state index < -0.39 is 18.8 Å². The lowest BCUT2D eigenvalue weighted by molar-refractivity contribution is 0.0139. The average molecular weight is 350 g/mol. The number of halogens is 2. The minimum absolute atomic E-state index is 0.303. The number of hydrogen-bond acceptors (Lipinski definition) is 2. The van der Waals surface area contributed by atoms with E-state index in [-0.39, 0.29) is 0 Å². The minimum atomic E-state index is -0.671. The summed E-state index contributed by atoms with van der Waals surface area (Å²) in [4.78, 5) is 2.55. The van der Waals surface area contributed by atoms with Crippen molar-refractivity contribution in [3.05, 3.63) is 35.9 Å². The smallest absolute Gasteiger partial charge is 0.0976 e. The maximum Gasteiger partial charge on any atom is 0.0976 e. The lowest BCUT2D eigenvalue weighted by atomic mass is 9.66. The summed E-state index contributed by atoms with van der Waals surface area (Å²) in [7, 11) is 0. The molecule has 1 heterocycles. The maximum absolute atomic E-state index is 13.0. The van der Waals surface area contributed by atoms with Crippen molar-refractivity contribution in [3.8, 4) is 0 Å². The molecule has 0 spiro atoms. The summed E-state index contributed by atoms with van der Waals surface area (Å²) in [5.74, 6) is 0. The minimum Gasteiger partial charge on any atom is -0.313 e. The SMILES string of the molecule is CCC1(CNC2CC(CF)(CF)C2)CCN(Cc2ccccc2)CC1. The highest BCUT2D eigenvalue weighted by Crippen LogP contribution is 2.43. The first-order chi connectivity index (χ1) is 12.1. The van der Waals surface area contributed by atoms with E-state index in [4.69, 9.17) is 0 Å². The number of benzene rings is 1. The molecule has 140 valence electrons. The van der Waals surface area contributed by atoms with Gasteiger partial charge in [0.1, 0.15) is 0 Å². The van der Waals surface area contributed by atoms with Crippen molar-refractivity contribution in [2.75, 3.05) is 33.0 Å². The third-order valence-corrected chi connectivity index (χ3v) is 6.61. The Bertz CT molecular complexity index is 514. The fraction of sp³-hybridized carbons (Fsp3) is 0.714. The molecule has 2 nitrogen and oxygen atoms in total. The normalized spacial score (nSPS) is 23.3. The first-order valence-electron chi connectivity index (χ1n) is 9.74. The summed E-state index contributed by atoms with van der Waals surface area (Å²) in [6.07, 6.45) is 4.88. The highest BCUT2D eigenvalue weighted by molar-refractivity contribution is 5.14. The Morgan fingerprint density at radius 3 is 2.24 bits per heavy atom. The topological polar surface area (TPSA) is 15.3 Å². The molecule has 1 saturated heterocycles. The van der Waals surface area contributed by atoms with E-state index in [1.807, 2.05) is 0 Å². The molecule has 1 N–H and O–H groups in total. The zero-order valence-corrected chi connectivity index (χ0v) is 15.4. The van der Waals surface area contributed by atoms with Crippen molar-refractivity contribution in [3.63, 3.8) is 0 Å². The Morgan fingerprint density at radius 1 is 1.04 bits per heavy atom. The van der Waals surface area contributed by atoms with E-state index in [0.717, 1.165) is 26.2 Å². The monoisotopic (exact) mass is 350 g/mol. The molecule has 0 aromatic heterocycles. The second kappa shape index (κ2) is 8.13. The van der Waals surface area contributed by atoms with Gasteiger partial charge in [-0.05, 0) is 56.2 Å². The molecule has 0 unspecified atom stereocenters. The molecule has 4 heteroatoms. The number of nitrogens with zero attached hydrogens (tertiary/aromatic N) is 1. The predicted molar refractivity (Wildman–Crippen MR) is 99.1 cm³/mol. The molecular weight excluding hydrogens is 318 g/mol. The van der Waals surface area contributed by atoms with Gasteiger partial charge in [0.15, 0.2) is 0 Å². The van der Waals surface area contributed by atoms with Crippen molar-refractivity contribution in [2.24, 2.45) is 10.8 Å². The molecule has 1 aromatic carbocycles. The van der Waals surface area contributed by atoms with Gasteiger partial charge >= 0.3 is 0 Å². The third kappa shape index (κ3) is 4.40. The van der Waals surface area contributed by atoms with E-state index in [1.54, 1.807) is 0 Å². The zero-order chi connectivity index (χ0) is 17.8. The van der Waals surface area contributed by atoms with Gasteiger partial charge in [-0.3, -0.25) is 13.7 Å². The highest BCUT2D eigenvalue weighted by Gasteiger charge is 2.45. The number of alkyl halides is 2. The predicted octanol–water partition coefficient (Wildman–Crippen LogP) is 4.36. The van der Waals surface area contributed by atoms with Crippen LogP contribution in [0.1, 0.15) is 44.6 Å². The number of hydrogen-bond donors (Lipinski definition) is 1. The standard InChI is InChI=1S/C21H32F2N2/c1-2-20(17-24-19-12-21(13-19,15-22)16-23)8-10-25(11-9-20)14-18-6-4-3-5-7-18/h3-7,19,24H,2,8-17H2,1H3. The Morgan fingerprint density at radius 2 is 1.68 bits per heavy atom. The molecule has 0 atom stereocenters. The quantitative estimate of drug-likeness (QED) is 0.749. The fourth-order valence-corrected chi connectivity index (χ4v) is 4.43. The highest BCUT2D eigenvalue weighted by atomic mass is 19.1. The van der Waals surface area contributed by atoms with E-state index in [9.17, 15) is 8.78 Å². The van der Waals surface area contributed by atoms with Gasteiger partial charge in [-0.1, -0.05) is 37.3 Å². The molecule has 2 aliphatic rings. The summed E-state index contributed by atoms with van der Waals surface area (Å²) in [5.41, 5.74) is 1.06. The van der Waals surface area contributed by atoms with Crippen LogP contribution in [0.15, 0.2) is 30.3 Å². The molecule has 0 amide bonds. The van der Waals surface area contributed by atoms with Crippen LogP contribution >= 0.6 is 0 Å². The summed E-state index contributed by atoms with van der Waals surface area (Å²) in [6, 6.07) is 11.0. The molecule has 0 bridgehead atoms. The lowest BCUT2D eigenvalue weighted by Crippen LogP contribution is -2.54. The van der Waals surface area contributed by atoms with Crippen LogP contribution in [0.4, 0.5) is 8.78 Å². The van der Waals surface area contributed by atoms with Gasteiger partial charge in [-0.15, -0.1) is 0 Å². The Kier molecular flexibility index (Phi) is 6.11. The van der Waals surface area contributed by atoms with Gasteiger partial charge in [0, 0.05) is 24.5 Å². The largest absolute Gasteiger partial charge is 0.313 e. The van der Waals surface area contributed by atoms with Crippen molar-refractivity contribution in [1.82, 2.24) is 10.2 Å². The summed E-state index contributed by atoms with van der Waals surface area (Å²) in [6.45, 7) is 5.53. The van der Waals surface area contributed by atoms with Crippen molar-refractivity contribution >= 4 is 0 Å². The molecule has 25 heavy (non-hydrogen) atoms. The lowest BCUT2D eigenvalue weighted by Gasteiger charge is -2.47. The van der Waals surface area contributed by atoms with E-state index in [2.05, 4.69) is 47.5 Å². The molecule has 1 aromatic rings. The molecule has 2 fully saturated rings. The van der Waals surface area contributed by atoms with Crippen LogP contribution in [-0.2, 0) is 6.54 Å². The van der Waals surface area contributed by atoms with Crippen LogP contribution < -0.4 is 5.32 Å².